The Morgan fingerprint density at radius 1 is 1.12 bits per heavy atom. The van der Waals surface area contributed by atoms with E-state index >= 15 is 0 Å². The summed E-state index contributed by atoms with van der Waals surface area (Å²) in [5, 5.41) is 4.52. The van der Waals surface area contributed by atoms with Crippen LogP contribution in [-0.4, -0.2) is 31.7 Å². The Hall–Kier alpha value is -1.75. The van der Waals surface area contributed by atoms with Crippen LogP contribution >= 0.6 is 0 Å². The Morgan fingerprint density at radius 2 is 1.83 bits per heavy atom. The normalized spacial score (nSPS) is 16.0. The van der Waals surface area contributed by atoms with Crippen LogP contribution in [0.3, 0.4) is 0 Å². The third-order valence-electron chi connectivity index (χ3n) is 4.96. The van der Waals surface area contributed by atoms with Gasteiger partial charge < -0.3 is 0 Å². The van der Waals surface area contributed by atoms with Gasteiger partial charge in [0.05, 0.1) is 5.69 Å². The summed E-state index contributed by atoms with van der Waals surface area (Å²) < 4.78 is 2.00. The molecule has 0 N–H and O–H groups in total. The number of hydrogen-bond acceptors (Lipinski definition) is 4. The van der Waals surface area contributed by atoms with Crippen molar-refractivity contribution in [3.63, 3.8) is 0 Å². The maximum Gasteiger partial charge on any atom is 0.131 e. The zero-order valence-electron chi connectivity index (χ0n) is 15.2. The minimum absolute atomic E-state index is 0.577. The van der Waals surface area contributed by atoms with Crippen molar-refractivity contribution >= 4 is 0 Å². The molecule has 1 aliphatic rings. The summed E-state index contributed by atoms with van der Waals surface area (Å²) in [5.41, 5.74) is 3.59. The van der Waals surface area contributed by atoms with E-state index in [1.807, 2.05) is 17.1 Å². The van der Waals surface area contributed by atoms with Crippen LogP contribution in [0.2, 0.25) is 0 Å². The van der Waals surface area contributed by atoms with Crippen LogP contribution in [-0.2, 0) is 19.6 Å². The van der Waals surface area contributed by atoms with E-state index in [9.17, 15) is 0 Å². The second-order valence-corrected chi connectivity index (χ2v) is 7.05. The molecule has 1 saturated carbocycles. The fourth-order valence-electron chi connectivity index (χ4n) is 3.55. The average Bonchev–Trinajstić information content (AvgIpc) is 2.96. The number of aromatic nitrogens is 4. The largest absolute Gasteiger partial charge is 0.298 e. The van der Waals surface area contributed by atoms with Crippen molar-refractivity contribution in [3.05, 3.63) is 41.2 Å². The van der Waals surface area contributed by atoms with Gasteiger partial charge >= 0.3 is 0 Å². The summed E-state index contributed by atoms with van der Waals surface area (Å²) >= 11 is 0. The predicted molar refractivity (Wildman–Crippen MR) is 95.7 cm³/mol. The van der Waals surface area contributed by atoms with E-state index in [0.29, 0.717) is 5.92 Å². The van der Waals surface area contributed by atoms with E-state index < -0.39 is 0 Å². The number of hydrogen-bond donors (Lipinski definition) is 0. The first kappa shape index (κ1) is 17.1. The Kier molecular flexibility index (Phi) is 5.61. The highest BCUT2D eigenvalue weighted by Crippen LogP contribution is 2.30. The molecule has 2 aromatic heterocycles. The summed E-state index contributed by atoms with van der Waals surface area (Å²) in [7, 11) is 2.14. The van der Waals surface area contributed by atoms with Crippen LogP contribution in [0.25, 0.3) is 0 Å². The molecule has 0 bridgehead atoms. The molecule has 2 heterocycles. The van der Waals surface area contributed by atoms with Crippen LogP contribution in [0.15, 0.2) is 18.6 Å². The van der Waals surface area contributed by atoms with Gasteiger partial charge in [0.1, 0.15) is 5.82 Å². The molecule has 1 aliphatic carbocycles. The highest BCUT2D eigenvalue weighted by molar-refractivity contribution is 5.15. The van der Waals surface area contributed by atoms with E-state index in [0.717, 1.165) is 31.2 Å². The van der Waals surface area contributed by atoms with Crippen LogP contribution in [0.5, 0.6) is 0 Å². The molecule has 0 spiro atoms. The van der Waals surface area contributed by atoms with Crippen LogP contribution in [0.1, 0.15) is 67.6 Å². The standard InChI is InChI=1S/C19H29N5/c1-4-24-14-18(15(2)22-24)13-23(3)12-16-10-20-19(21-11-16)17-8-6-5-7-9-17/h10-11,14,17H,4-9,12-13H2,1-3H3. The SMILES string of the molecule is CCn1cc(CN(C)Cc2cnc(C3CCCCC3)nc2)c(C)n1. The summed E-state index contributed by atoms with van der Waals surface area (Å²) in [6, 6.07) is 0. The molecular formula is C19H29N5. The van der Waals surface area contributed by atoms with Gasteiger partial charge in [0.2, 0.25) is 0 Å². The van der Waals surface area contributed by atoms with Gasteiger partial charge in [-0.15, -0.1) is 0 Å². The van der Waals surface area contributed by atoms with Gasteiger partial charge in [-0.3, -0.25) is 9.58 Å². The second kappa shape index (κ2) is 7.88. The minimum Gasteiger partial charge on any atom is -0.298 e. The van der Waals surface area contributed by atoms with Crippen molar-refractivity contribution < 1.29 is 0 Å². The molecule has 0 amide bonds. The molecule has 2 aromatic rings. The van der Waals surface area contributed by atoms with Crippen molar-refractivity contribution in [2.75, 3.05) is 7.05 Å². The maximum atomic E-state index is 4.64. The third-order valence-corrected chi connectivity index (χ3v) is 4.96. The molecule has 0 atom stereocenters. The highest BCUT2D eigenvalue weighted by atomic mass is 15.3. The zero-order chi connectivity index (χ0) is 16.9. The van der Waals surface area contributed by atoms with Gasteiger partial charge in [-0.2, -0.15) is 5.10 Å². The highest BCUT2D eigenvalue weighted by Gasteiger charge is 2.18. The quantitative estimate of drug-likeness (QED) is 0.812. The lowest BCUT2D eigenvalue weighted by Gasteiger charge is -2.20. The third kappa shape index (κ3) is 4.20. The Morgan fingerprint density at radius 3 is 2.46 bits per heavy atom. The van der Waals surface area contributed by atoms with Gasteiger partial charge in [0, 0.05) is 55.3 Å². The van der Waals surface area contributed by atoms with E-state index in [4.69, 9.17) is 0 Å². The molecule has 0 saturated heterocycles. The van der Waals surface area contributed by atoms with Crippen molar-refractivity contribution in [1.29, 1.82) is 0 Å². The molecule has 0 radical (unpaired) electrons. The summed E-state index contributed by atoms with van der Waals surface area (Å²) in [6.45, 7) is 6.88. The van der Waals surface area contributed by atoms with Crippen molar-refractivity contribution in [2.24, 2.45) is 0 Å². The van der Waals surface area contributed by atoms with Crippen LogP contribution < -0.4 is 0 Å². The molecule has 5 heteroatoms. The van der Waals surface area contributed by atoms with E-state index in [-0.39, 0.29) is 0 Å². The topological polar surface area (TPSA) is 46.8 Å². The van der Waals surface area contributed by atoms with E-state index in [1.165, 1.54) is 43.2 Å². The van der Waals surface area contributed by atoms with Crippen LogP contribution in [0.4, 0.5) is 0 Å². The lowest BCUT2D eigenvalue weighted by molar-refractivity contribution is 0.317. The zero-order valence-corrected chi connectivity index (χ0v) is 15.2. The number of aryl methyl sites for hydroxylation is 2. The first-order chi connectivity index (χ1) is 11.7. The van der Waals surface area contributed by atoms with Crippen molar-refractivity contribution in [3.8, 4) is 0 Å². The van der Waals surface area contributed by atoms with E-state index in [1.54, 1.807) is 0 Å². The lowest BCUT2D eigenvalue weighted by Crippen LogP contribution is -2.18. The first-order valence-electron chi connectivity index (χ1n) is 9.18. The molecular weight excluding hydrogens is 298 g/mol. The summed E-state index contributed by atoms with van der Waals surface area (Å²) in [4.78, 5) is 11.6. The molecule has 5 nitrogen and oxygen atoms in total. The van der Waals surface area contributed by atoms with Gasteiger partial charge in [-0.1, -0.05) is 19.3 Å². The second-order valence-electron chi connectivity index (χ2n) is 7.05. The summed E-state index contributed by atoms with van der Waals surface area (Å²) in [5.74, 6) is 1.62. The van der Waals surface area contributed by atoms with Gasteiger partial charge in [0.15, 0.2) is 0 Å². The molecule has 0 aliphatic heterocycles. The molecule has 0 unspecified atom stereocenters. The fourth-order valence-corrected chi connectivity index (χ4v) is 3.55. The van der Waals surface area contributed by atoms with Crippen molar-refractivity contribution in [2.45, 2.75) is 71.5 Å². The van der Waals surface area contributed by atoms with Crippen LogP contribution in [0, 0.1) is 6.92 Å². The molecule has 3 rings (SSSR count). The number of nitrogens with zero attached hydrogens (tertiary/aromatic N) is 5. The predicted octanol–water partition coefficient (Wildman–Crippen LogP) is 3.68. The Balaban J connectivity index is 1.57. The molecule has 0 aromatic carbocycles. The Bertz CT molecular complexity index is 640. The Labute approximate surface area is 145 Å². The summed E-state index contributed by atoms with van der Waals surface area (Å²) in [6.07, 6.45) is 12.7. The average molecular weight is 327 g/mol. The lowest BCUT2D eigenvalue weighted by atomic mass is 9.89. The van der Waals surface area contributed by atoms with Crippen molar-refractivity contribution in [1.82, 2.24) is 24.6 Å². The van der Waals surface area contributed by atoms with E-state index in [2.05, 4.69) is 47.1 Å². The minimum atomic E-state index is 0.577. The smallest absolute Gasteiger partial charge is 0.131 e. The first-order valence-corrected chi connectivity index (χ1v) is 9.18. The van der Waals surface area contributed by atoms with Gasteiger partial charge in [0.25, 0.3) is 0 Å². The molecule has 130 valence electrons. The molecule has 1 fully saturated rings. The van der Waals surface area contributed by atoms with Gasteiger partial charge in [-0.25, -0.2) is 9.97 Å². The number of rotatable bonds is 6. The monoisotopic (exact) mass is 327 g/mol. The van der Waals surface area contributed by atoms with Gasteiger partial charge in [-0.05, 0) is 33.7 Å². The maximum absolute atomic E-state index is 4.64. The fraction of sp³-hybridized carbons (Fsp3) is 0.632. The molecule has 24 heavy (non-hydrogen) atoms.